The zero-order valence-electron chi connectivity index (χ0n) is 17.2. The summed E-state index contributed by atoms with van der Waals surface area (Å²) in [7, 11) is -3.11. The molecular weight excluding hydrogens is 394 g/mol. The van der Waals surface area contributed by atoms with Crippen LogP contribution in [0.1, 0.15) is 39.2 Å². The van der Waals surface area contributed by atoms with E-state index in [-0.39, 0.29) is 29.5 Å². The van der Waals surface area contributed by atoms with E-state index in [0.717, 1.165) is 11.3 Å². The highest BCUT2D eigenvalue weighted by molar-refractivity contribution is 7.91. The second kappa shape index (κ2) is 10.4. The highest BCUT2D eigenvalue weighted by atomic mass is 32.2. The Hall–Kier alpha value is -2.35. The van der Waals surface area contributed by atoms with Crippen molar-refractivity contribution in [1.29, 1.82) is 0 Å². The smallest absolute Gasteiger partial charge is 0.331 e. The van der Waals surface area contributed by atoms with Gasteiger partial charge in [-0.05, 0) is 50.5 Å². The van der Waals surface area contributed by atoms with Crippen molar-refractivity contribution in [2.75, 3.05) is 24.7 Å². The number of carbonyl (C=O) groups excluding carboxylic acids is 2. The van der Waals surface area contributed by atoms with Crippen molar-refractivity contribution >= 4 is 27.8 Å². The van der Waals surface area contributed by atoms with Crippen molar-refractivity contribution in [1.82, 2.24) is 4.90 Å². The monoisotopic (exact) mass is 423 g/mol. The van der Waals surface area contributed by atoms with Crippen LogP contribution in [-0.4, -0.2) is 62.0 Å². The summed E-state index contributed by atoms with van der Waals surface area (Å²) in [5, 5.41) is 0. The molecule has 0 spiro atoms. The van der Waals surface area contributed by atoms with E-state index in [1.54, 1.807) is 23.1 Å². The number of rotatable bonds is 9. The van der Waals surface area contributed by atoms with Gasteiger partial charge in [0.1, 0.15) is 5.75 Å². The maximum absolute atomic E-state index is 12.6. The van der Waals surface area contributed by atoms with Gasteiger partial charge in [0.25, 0.3) is 5.91 Å². The van der Waals surface area contributed by atoms with Crippen molar-refractivity contribution in [3.8, 4) is 5.75 Å². The number of carbonyl (C=O) groups is 2. The second-order valence-electron chi connectivity index (χ2n) is 7.06. The fourth-order valence-corrected chi connectivity index (χ4v) is 4.97. The molecule has 1 aliphatic heterocycles. The van der Waals surface area contributed by atoms with Gasteiger partial charge in [0.05, 0.1) is 18.1 Å². The molecule has 29 heavy (non-hydrogen) atoms. The Balaban J connectivity index is 1.92. The van der Waals surface area contributed by atoms with Crippen LogP contribution in [0.2, 0.25) is 0 Å². The van der Waals surface area contributed by atoms with E-state index in [1.165, 1.54) is 6.08 Å². The molecule has 1 aliphatic rings. The number of esters is 1. The van der Waals surface area contributed by atoms with E-state index in [0.29, 0.717) is 19.4 Å². The summed E-state index contributed by atoms with van der Waals surface area (Å²) < 4.78 is 34.0. The van der Waals surface area contributed by atoms with Gasteiger partial charge in [-0.25, -0.2) is 13.2 Å². The van der Waals surface area contributed by atoms with Gasteiger partial charge in [0.15, 0.2) is 16.4 Å². The minimum absolute atomic E-state index is 0.0331. The summed E-state index contributed by atoms with van der Waals surface area (Å²) in [4.78, 5) is 26.2. The maximum Gasteiger partial charge on any atom is 0.331 e. The van der Waals surface area contributed by atoms with E-state index in [1.807, 2.05) is 32.9 Å². The first kappa shape index (κ1) is 22.9. The molecule has 0 aromatic heterocycles. The quantitative estimate of drug-likeness (QED) is 0.448. The van der Waals surface area contributed by atoms with Crippen LogP contribution in [0.25, 0.3) is 6.08 Å². The molecule has 1 saturated heterocycles. The number of hydrogen-bond donors (Lipinski definition) is 0. The van der Waals surface area contributed by atoms with Gasteiger partial charge >= 0.3 is 5.97 Å². The second-order valence-corrected chi connectivity index (χ2v) is 9.29. The Labute approximate surface area is 172 Å². The summed E-state index contributed by atoms with van der Waals surface area (Å²) >= 11 is 0. The third-order valence-corrected chi connectivity index (χ3v) is 6.65. The van der Waals surface area contributed by atoms with Gasteiger partial charge in [-0.3, -0.25) is 4.79 Å². The average molecular weight is 424 g/mol. The molecule has 0 bridgehead atoms. The Morgan fingerprint density at radius 3 is 2.48 bits per heavy atom. The maximum atomic E-state index is 12.6. The fraction of sp³-hybridized carbons (Fsp3) is 0.524. The van der Waals surface area contributed by atoms with Gasteiger partial charge in [-0.2, -0.15) is 0 Å². The molecule has 2 rings (SSSR count). The molecule has 0 aliphatic carbocycles. The van der Waals surface area contributed by atoms with Gasteiger partial charge in [0, 0.05) is 18.2 Å². The summed E-state index contributed by atoms with van der Waals surface area (Å²) in [6, 6.07) is 6.74. The predicted molar refractivity (Wildman–Crippen MR) is 111 cm³/mol. The summed E-state index contributed by atoms with van der Waals surface area (Å²) in [5.74, 6) is -0.200. The average Bonchev–Trinajstić information content (AvgIpc) is 3.05. The molecule has 160 valence electrons. The third-order valence-electron chi connectivity index (χ3n) is 4.90. The fourth-order valence-electron chi connectivity index (χ4n) is 3.26. The van der Waals surface area contributed by atoms with Crippen molar-refractivity contribution in [3.05, 3.63) is 35.9 Å². The molecule has 0 saturated carbocycles. The Morgan fingerprint density at radius 1 is 1.24 bits per heavy atom. The number of hydrogen-bond acceptors (Lipinski definition) is 6. The van der Waals surface area contributed by atoms with Crippen LogP contribution in [0.5, 0.6) is 5.75 Å². The largest absolute Gasteiger partial charge is 0.494 e. The van der Waals surface area contributed by atoms with Crippen molar-refractivity contribution in [3.63, 3.8) is 0 Å². The zero-order valence-corrected chi connectivity index (χ0v) is 18.0. The van der Waals surface area contributed by atoms with Crippen LogP contribution in [-0.2, 0) is 24.2 Å². The molecule has 1 heterocycles. The summed E-state index contributed by atoms with van der Waals surface area (Å²) in [6.07, 6.45) is 3.97. The lowest BCUT2D eigenvalue weighted by Crippen LogP contribution is -2.48. The van der Waals surface area contributed by atoms with E-state index >= 15 is 0 Å². The number of nitrogens with zero attached hydrogens (tertiary/aromatic N) is 1. The van der Waals surface area contributed by atoms with Crippen molar-refractivity contribution in [2.24, 2.45) is 0 Å². The third kappa shape index (κ3) is 6.88. The highest BCUT2D eigenvalue weighted by Crippen LogP contribution is 2.21. The highest BCUT2D eigenvalue weighted by Gasteiger charge is 2.36. The van der Waals surface area contributed by atoms with Crippen LogP contribution >= 0.6 is 0 Å². The molecule has 1 aromatic carbocycles. The number of ether oxygens (including phenoxy) is 2. The Kier molecular flexibility index (Phi) is 8.25. The van der Waals surface area contributed by atoms with Gasteiger partial charge in [-0.15, -0.1) is 0 Å². The predicted octanol–water partition coefficient (Wildman–Crippen LogP) is 2.46. The molecular formula is C21H29NO6S. The van der Waals surface area contributed by atoms with Crippen LogP contribution in [0, 0.1) is 0 Å². The molecule has 8 heteroatoms. The SMILES string of the molecule is CCOc1ccc(/C=C/C(=O)OCC(=O)N([C@@H]2CCS(=O)(=O)C2)[C@H](C)CC)cc1. The van der Waals surface area contributed by atoms with Crippen LogP contribution in [0.4, 0.5) is 0 Å². The molecule has 2 atom stereocenters. The van der Waals surface area contributed by atoms with Crippen LogP contribution in [0.15, 0.2) is 30.3 Å². The number of amides is 1. The minimum atomic E-state index is -3.11. The lowest BCUT2D eigenvalue weighted by molar-refractivity contribution is -0.150. The van der Waals surface area contributed by atoms with Crippen molar-refractivity contribution < 1.29 is 27.5 Å². The number of benzene rings is 1. The van der Waals surface area contributed by atoms with Crippen LogP contribution in [0.3, 0.4) is 0 Å². The Bertz CT molecular complexity index is 831. The molecule has 1 amide bonds. The molecule has 0 unspecified atom stereocenters. The zero-order chi connectivity index (χ0) is 21.4. The van der Waals surface area contributed by atoms with Gasteiger partial charge in [-0.1, -0.05) is 19.1 Å². The molecule has 1 aromatic rings. The van der Waals surface area contributed by atoms with E-state index < -0.39 is 22.4 Å². The number of sulfone groups is 1. The molecule has 0 N–H and O–H groups in total. The minimum Gasteiger partial charge on any atom is -0.494 e. The van der Waals surface area contributed by atoms with Gasteiger partial charge < -0.3 is 14.4 Å². The molecule has 1 fully saturated rings. The lowest BCUT2D eigenvalue weighted by Gasteiger charge is -2.33. The first-order valence-electron chi connectivity index (χ1n) is 9.85. The van der Waals surface area contributed by atoms with E-state index in [4.69, 9.17) is 9.47 Å². The van der Waals surface area contributed by atoms with Crippen LogP contribution < -0.4 is 4.74 Å². The first-order valence-corrected chi connectivity index (χ1v) is 11.7. The summed E-state index contributed by atoms with van der Waals surface area (Å²) in [6.45, 7) is 5.87. The first-order chi connectivity index (χ1) is 13.8. The van der Waals surface area contributed by atoms with E-state index in [2.05, 4.69) is 0 Å². The Morgan fingerprint density at radius 2 is 1.93 bits per heavy atom. The molecule has 0 radical (unpaired) electrons. The standard InChI is InChI=1S/C21H29NO6S/c1-4-16(3)22(18-12-13-29(25,26)15-18)20(23)14-28-21(24)11-8-17-6-9-19(10-7-17)27-5-2/h6-11,16,18H,4-5,12-15H2,1-3H3/b11-8+/t16-,18-/m1/s1. The van der Waals surface area contributed by atoms with Gasteiger partial charge in [0.2, 0.25) is 0 Å². The van der Waals surface area contributed by atoms with E-state index in [9.17, 15) is 18.0 Å². The topological polar surface area (TPSA) is 90.0 Å². The normalized spacial score (nSPS) is 19.1. The summed E-state index contributed by atoms with van der Waals surface area (Å²) in [5.41, 5.74) is 0.800. The molecule has 7 nitrogen and oxygen atoms in total. The van der Waals surface area contributed by atoms with Crippen molar-refractivity contribution in [2.45, 2.75) is 45.7 Å². The lowest BCUT2D eigenvalue weighted by atomic mass is 10.1.